The number of nitrogens with zero attached hydrogens (tertiary/aromatic N) is 1. The van der Waals surface area contributed by atoms with Crippen molar-refractivity contribution in [3.8, 4) is 11.6 Å². The van der Waals surface area contributed by atoms with Gasteiger partial charge in [-0.15, -0.1) is 0 Å². The van der Waals surface area contributed by atoms with Gasteiger partial charge in [-0.2, -0.15) is 0 Å². The molecule has 0 aliphatic rings. The van der Waals surface area contributed by atoms with Gasteiger partial charge in [-0.05, 0) is 24.3 Å². The van der Waals surface area contributed by atoms with Gasteiger partial charge >= 0.3 is 5.97 Å². The van der Waals surface area contributed by atoms with E-state index >= 15 is 0 Å². The number of halogens is 1. The molecule has 2 rings (SSSR count). The predicted octanol–water partition coefficient (Wildman–Crippen LogP) is 2.90. The van der Waals surface area contributed by atoms with Gasteiger partial charge in [0, 0.05) is 11.2 Å². The Bertz CT molecular complexity index is 617. The number of nitrogens with two attached hydrogens (primary N) is 1. The average Bonchev–Trinajstić information content (AvgIpc) is 2.40. The lowest BCUT2D eigenvalue weighted by atomic mass is 10.2. The summed E-state index contributed by atoms with van der Waals surface area (Å²) in [6, 6.07) is 8.24. The molecular weight excluding hydrogens is 268 g/mol. The second-order valence-electron chi connectivity index (χ2n) is 3.63. The quantitative estimate of drug-likeness (QED) is 0.874. The third kappa shape index (κ3) is 2.95. The van der Waals surface area contributed by atoms with Crippen LogP contribution in [0.1, 0.15) is 10.4 Å². The molecule has 0 aliphatic heterocycles. The van der Waals surface area contributed by atoms with Gasteiger partial charge < -0.3 is 15.2 Å². The Morgan fingerprint density at radius 3 is 2.84 bits per heavy atom. The highest BCUT2D eigenvalue weighted by molar-refractivity contribution is 6.30. The SMILES string of the molecule is COC(=O)c1ccnc(Oc2cccc(Cl)c2)c1N. The molecule has 5 nitrogen and oxygen atoms in total. The van der Waals surface area contributed by atoms with Crippen LogP contribution in [0.2, 0.25) is 5.02 Å². The molecule has 19 heavy (non-hydrogen) atoms. The highest BCUT2D eigenvalue weighted by atomic mass is 35.5. The van der Waals surface area contributed by atoms with Crippen molar-refractivity contribution >= 4 is 23.3 Å². The maximum Gasteiger partial charge on any atom is 0.340 e. The van der Waals surface area contributed by atoms with E-state index in [2.05, 4.69) is 9.72 Å². The molecule has 2 N–H and O–H groups in total. The standard InChI is InChI=1S/C13H11ClN2O3/c1-18-13(17)10-5-6-16-12(11(10)15)19-9-4-2-3-8(14)7-9/h2-7H,15H2,1H3. The van der Waals surface area contributed by atoms with E-state index in [0.29, 0.717) is 10.8 Å². The Morgan fingerprint density at radius 1 is 1.37 bits per heavy atom. The van der Waals surface area contributed by atoms with Gasteiger partial charge in [0.1, 0.15) is 11.4 Å². The van der Waals surface area contributed by atoms with Gasteiger partial charge in [0.15, 0.2) is 0 Å². The van der Waals surface area contributed by atoms with Crippen molar-refractivity contribution in [2.24, 2.45) is 0 Å². The van der Waals surface area contributed by atoms with Crippen LogP contribution in [-0.2, 0) is 4.74 Å². The molecule has 0 radical (unpaired) electrons. The highest BCUT2D eigenvalue weighted by Gasteiger charge is 2.15. The Balaban J connectivity index is 2.33. The second-order valence-corrected chi connectivity index (χ2v) is 4.06. The molecular formula is C13H11ClN2O3. The number of carbonyl (C=O) groups excluding carboxylic acids is 1. The number of rotatable bonds is 3. The number of ether oxygens (including phenoxy) is 2. The number of nitrogen functional groups attached to an aromatic ring is 1. The maximum atomic E-state index is 11.5. The Hall–Kier alpha value is -2.27. The summed E-state index contributed by atoms with van der Waals surface area (Å²) in [7, 11) is 1.28. The van der Waals surface area contributed by atoms with E-state index in [-0.39, 0.29) is 17.1 Å². The van der Waals surface area contributed by atoms with E-state index in [0.717, 1.165) is 0 Å². The van der Waals surface area contributed by atoms with E-state index in [1.807, 2.05) is 0 Å². The Morgan fingerprint density at radius 2 is 2.16 bits per heavy atom. The smallest absolute Gasteiger partial charge is 0.340 e. The van der Waals surface area contributed by atoms with Crippen LogP contribution < -0.4 is 10.5 Å². The van der Waals surface area contributed by atoms with Crippen molar-refractivity contribution in [1.29, 1.82) is 0 Å². The van der Waals surface area contributed by atoms with Gasteiger partial charge in [-0.1, -0.05) is 17.7 Å². The zero-order valence-electron chi connectivity index (χ0n) is 10.1. The normalized spacial score (nSPS) is 10.0. The summed E-state index contributed by atoms with van der Waals surface area (Å²) in [6.07, 6.45) is 1.42. The van der Waals surface area contributed by atoms with Crippen molar-refractivity contribution in [1.82, 2.24) is 4.98 Å². The van der Waals surface area contributed by atoms with Gasteiger partial charge in [0.05, 0.1) is 12.7 Å². The van der Waals surface area contributed by atoms with E-state index in [1.54, 1.807) is 24.3 Å². The van der Waals surface area contributed by atoms with E-state index < -0.39 is 5.97 Å². The zero-order chi connectivity index (χ0) is 13.8. The largest absolute Gasteiger partial charge is 0.465 e. The number of aromatic nitrogens is 1. The number of benzene rings is 1. The van der Waals surface area contributed by atoms with Crippen LogP contribution in [0.3, 0.4) is 0 Å². The van der Waals surface area contributed by atoms with Crippen LogP contribution in [0.25, 0.3) is 0 Å². The molecule has 0 atom stereocenters. The van der Waals surface area contributed by atoms with Crippen molar-refractivity contribution in [2.45, 2.75) is 0 Å². The number of carbonyl (C=O) groups is 1. The predicted molar refractivity (Wildman–Crippen MR) is 71.5 cm³/mol. The molecule has 1 aromatic carbocycles. The summed E-state index contributed by atoms with van der Waals surface area (Å²) in [4.78, 5) is 15.5. The first-order chi connectivity index (χ1) is 9.11. The summed E-state index contributed by atoms with van der Waals surface area (Å²) >= 11 is 5.85. The molecule has 0 spiro atoms. The summed E-state index contributed by atoms with van der Waals surface area (Å²) in [6.45, 7) is 0. The molecule has 0 amide bonds. The first-order valence-corrected chi connectivity index (χ1v) is 5.76. The fourth-order valence-electron chi connectivity index (χ4n) is 1.47. The second kappa shape index (κ2) is 5.58. The first kappa shape index (κ1) is 13.2. The van der Waals surface area contributed by atoms with Crippen LogP contribution in [0.15, 0.2) is 36.5 Å². The maximum absolute atomic E-state index is 11.5. The Labute approximate surface area is 114 Å². The third-order valence-electron chi connectivity index (χ3n) is 2.37. The van der Waals surface area contributed by atoms with Gasteiger partial charge in [-0.25, -0.2) is 9.78 Å². The van der Waals surface area contributed by atoms with Crippen LogP contribution in [0, 0.1) is 0 Å². The minimum absolute atomic E-state index is 0.120. The summed E-state index contributed by atoms with van der Waals surface area (Å²) in [5, 5.41) is 0.528. The monoisotopic (exact) mass is 278 g/mol. The van der Waals surface area contributed by atoms with E-state index in [4.69, 9.17) is 22.1 Å². The van der Waals surface area contributed by atoms with Crippen LogP contribution in [0.5, 0.6) is 11.6 Å². The number of hydrogen-bond acceptors (Lipinski definition) is 5. The lowest BCUT2D eigenvalue weighted by molar-refractivity contribution is 0.0601. The molecule has 6 heteroatoms. The molecule has 0 aliphatic carbocycles. The molecule has 1 heterocycles. The average molecular weight is 279 g/mol. The first-order valence-electron chi connectivity index (χ1n) is 5.38. The number of anilines is 1. The molecule has 0 saturated heterocycles. The van der Waals surface area contributed by atoms with Crippen molar-refractivity contribution in [3.63, 3.8) is 0 Å². The fraction of sp³-hybridized carbons (Fsp3) is 0.0769. The highest BCUT2D eigenvalue weighted by Crippen LogP contribution is 2.29. The molecule has 98 valence electrons. The van der Waals surface area contributed by atoms with Gasteiger partial charge in [-0.3, -0.25) is 0 Å². The van der Waals surface area contributed by atoms with Crippen molar-refractivity contribution in [3.05, 3.63) is 47.1 Å². The van der Waals surface area contributed by atoms with E-state index in [1.165, 1.54) is 19.4 Å². The molecule has 0 fully saturated rings. The lowest BCUT2D eigenvalue weighted by Gasteiger charge is -2.09. The number of esters is 1. The molecule has 0 unspecified atom stereocenters. The fourth-order valence-corrected chi connectivity index (χ4v) is 1.65. The topological polar surface area (TPSA) is 74.4 Å². The number of pyridine rings is 1. The van der Waals surface area contributed by atoms with Crippen LogP contribution >= 0.6 is 11.6 Å². The molecule has 0 saturated carbocycles. The molecule has 0 bridgehead atoms. The number of methoxy groups -OCH3 is 1. The van der Waals surface area contributed by atoms with Crippen LogP contribution in [-0.4, -0.2) is 18.1 Å². The molecule has 1 aromatic heterocycles. The van der Waals surface area contributed by atoms with Crippen molar-refractivity contribution < 1.29 is 14.3 Å². The van der Waals surface area contributed by atoms with Crippen LogP contribution in [0.4, 0.5) is 5.69 Å². The Kier molecular flexibility index (Phi) is 3.87. The summed E-state index contributed by atoms with van der Waals surface area (Å²) < 4.78 is 10.1. The van der Waals surface area contributed by atoms with Crippen molar-refractivity contribution in [2.75, 3.05) is 12.8 Å². The third-order valence-corrected chi connectivity index (χ3v) is 2.60. The van der Waals surface area contributed by atoms with Gasteiger partial charge in [0.25, 0.3) is 0 Å². The minimum atomic E-state index is -0.546. The summed E-state index contributed by atoms with van der Waals surface area (Å²) in [5.41, 5.74) is 6.15. The van der Waals surface area contributed by atoms with Gasteiger partial charge in [0.2, 0.25) is 5.88 Å². The van der Waals surface area contributed by atoms with E-state index in [9.17, 15) is 4.79 Å². The molecule has 2 aromatic rings. The minimum Gasteiger partial charge on any atom is -0.465 e. The summed E-state index contributed by atoms with van der Waals surface area (Å²) in [5.74, 6) is 0.0646. The number of hydrogen-bond donors (Lipinski definition) is 1. The zero-order valence-corrected chi connectivity index (χ0v) is 10.8. The lowest BCUT2D eigenvalue weighted by Crippen LogP contribution is -2.07.